The summed E-state index contributed by atoms with van der Waals surface area (Å²) in [4.78, 5) is 24.7. The van der Waals surface area contributed by atoms with Crippen LogP contribution in [0.15, 0.2) is 17.7 Å². The van der Waals surface area contributed by atoms with E-state index in [1.165, 1.54) is 7.11 Å². The molecule has 1 aliphatic heterocycles. The number of aromatic nitrogens is 1. The Morgan fingerprint density at radius 1 is 1.35 bits per heavy atom. The highest BCUT2D eigenvalue weighted by atomic mass is 16.5. The van der Waals surface area contributed by atoms with Crippen LogP contribution < -0.4 is 0 Å². The molecule has 3 rings (SSSR count). The van der Waals surface area contributed by atoms with Crippen molar-refractivity contribution in [2.24, 2.45) is 0 Å². The number of ether oxygens (including phenoxy) is 1. The Balaban J connectivity index is 2.30. The number of Topliss-reactive ketones (excluding diaryl/α,β-unsaturated/α-hetero) is 1. The molecule has 0 bridgehead atoms. The van der Waals surface area contributed by atoms with Crippen LogP contribution in [0.1, 0.15) is 37.1 Å². The maximum atomic E-state index is 12.8. The lowest BCUT2D eigenvalue weighted by Crippen LogP contribution is -2.46. The van der Waals surface area contributed by atoms with Crippen LogP contribution in [0.2, 0.25) is 0 Å². The number of aliphatic hydroxyl groups excluding tert-OH is 1. The van der Waals surface area contributed by atoms with Crippen molar-refractivity contribution in [3.63, 3.8) is 0 Å². The van der Waals surface area contributed by atoms with Crippen molar-refractivity contribution in [3.05, 3.63) is 29.1 Å². The quantitative estimate of drug-likeness (QED) is 0.629. The van der Waals surface area contributed by atoms with Gasteiger partial charge in [0.1, 0.15) is 11.1 Å². The van der Waals surface area contributed by atoms with E-state index in [1.807, 2.05) is 17.6 Å². The van der Waals surface area contributed by atoms with E-state index >= 15 is 0 Å². The molecule has 1 aliphatic carbocycles. The molecule has 0 atom stereocenters. The molecular formula is C15H17NO4. The molecule has 1 N–H and O–H groups in total. The van der Waals surface area contributed by atoms with Crippen LogP contribution in [-0.2, 0) is 19.9 Å². The Bertz CT molecular complexity index is 632. The summed E-state index contributed by atoms with van der Waals surface area (Å²) in [5, 5.41) is 10.3. The third kappa shape index (κ3) is 1.43. The van der Waals surface area contributed by atoms with Crippen LogP contribution in [0.3, 0.4) is 0 Å². The largest absolute Gasteiger partial charge is 0.505 e. The highest BCUT2D eigenvalue weighted by Crippen LogP contribution is 2.46. The van der Waals surface area contributed by atoms with Crippen molar-refractivity contribution in [2.75, 3.05) is 7.11 Å². The van der Waals surface area contributed by atoms with Gasteiger partial charge in [-0.1, -0.05) is 12.8 Å². The van der Waals surface area contributed by atoms with Gasteiger partial charge in [-0.15, -0.1) is 0 Å². The third-order valence-electron chi connectivity index (χ3n) is 4.45. The molecule has 5 heteroatoms. The number of rotatable bonds is 1. The maximum absolute atomic E-state index is 12.8. The first-order valence-electron chi connectivity index (χ1n) is 6.78. The summed E-state index contributed by atoms with van der Waals surface area (Å²) in [5.74, 6) is -1.34. The first-order chi connectivity index (χ1) is 9.53. The number of carbonyl (C=O) groups excluding carboxylic acids is 2. The minimum absolute atomic E-state index is 0.208. The SMILES string of the molecule is COC(=O)C1=C(O)c2ccc(C)n2C2(CCCC2)C1=O. The minimum Gasteiger partial charge on any atom is -0.505 e. The first-order valence-corrected chi connectivity index (χ1v) is 6.78. The lowest BCUT2D eigenvalue weighted by atomic mass is 9.83. The molecule has 5 nitrogen and oxygen atoms in total. The molecule has 1 fully saturated rings. The second kappa shape index (κ2) is 4.23. The van der Waals surface area contributed by atoms with Gasteiger partial charge in [-0.25, -0.2) is 4.79 Å². The number of aryl methyl sites for hydroxylation is 1. The van der Waals surface area contributed by atoms with Crippen LogP contribution in [-0.4, -0.2) is 28.5 Å². The van der Waals surface area contributed by atoms with Crippen LogP contribution in [0, 0.1) is 6.92 Å². The van der Waals surface area contributed by atoms with Gasteiger partial charge in [0.25, 0.3) is 0 Å². The fourth-order valence-electron chi connectivity index (χ4n) is 3.56. The molecule has 20 heavy (non-hydrogen) atoms. The summed E-state index contributed by atoms with van der Waals surface area (Å²) in [6, 6.07) is 3.61. The lowest BCUT2D eigenvalue weighted by Gasteiger charge is -2.36. The molecule has 0 saturated heterocycles. The van der Waals surface area contributed by atoms with Crippen LogP contribution in [0.5, 0.6) is 0 Å². The van der Waals surface area contributed by atoms with Gasteiger partial charge >= 0.3 is 5.97 Å². The standard InChI is InChI=1S/C15H17NO4/c1-9-5-6-10-12(17)11(14(19)20-2)13(18)15(16(9)10)7-3-4-8-15/h5-6,17H,3-4,7-8H2,1-2H3. The third-order valence-corrected chi connectivity index (χ3v) is 4.45. The molecule has 1 saturated carbocycles. The second-order valence-corrected chi connectivity index (χ2v) is 5.48. The predicted molar refractivity (Wildman–Crippen MR) is 72.2 cm³/mol. The van der Waals surface area contributed by atoms with Gasteiger partial charge < -0.3 is 14.4 Å². The Morgan fingerprint density at radius 2 is 2.00 bits per heavy atom. The predicted octanol–water partition coefficient (Wildman–Crippen LogP) is 2.09. The van der Waals surface area contributed by atoms with Gasteiger partial charge in [-0.3, -0.25) is 4.79 Å². The number of nitrogens with zero attached hydrogens (tertiary/aromatic N) is 1. The summed E-state index contributed by atoms with van der Waals surface area (Å²) in [7, 11) is 1.22. The van der Waals surface area contributed by atoms with E-state index < -0.39 is 11.5 Å². The van der Waals surface area contributed by atoms with E-state index in [-0.39, 0.29) is 17.1 Å². The van der Waals surface area contributed by atoms with Gasteiger partial charge in [0.05, 0.1) is 12.8 Å². The zero-order valence-corrected chi connectivity index (χ0v) is 11.6. The molecular weight excluding hydrogens is 258 g/mol. The fourth-order valence-corrected chi connectivity index (χ4v) is 3.56. The Morgan fingerprint density at radius 3 is 2.60 bits per heavy atom. The highest BCUT2D eigenvalue weighted by Gasteiger charge is 2.51. The number of aliphatic hydroxyl groups is 1. The highest BCUT2D eigenvalue weighted by molar-refractivity contribution is 6.25. The number of methoxy groups -OCH3 is 1. The summed E-state index contributed by atoms with van der Waals surface area (Å²) in [6.45, 7) is 1.91. The van der Waals surface area contributed by atoms with Crippen LogP contribution >= 0.6 is 0 Å². The normalized spacial score (nSPS) is 20.4. The van der Waals surface area contributed by atoms with E-state index in [1.54, 1.807) is 6.07 Å². The average Bonchev–Trinajstić information content (AvgIpc) is 3.04. The number of hydrogen-bond donors (Lipinski definition) is 1. The summed E-state index contributed by atoms with van der Waals surface area (Å²) in [5.41, 5.74) is 0.522. The van der Waals surface area contributed by atoms with Crippen molar-refractivity contribution >= 4 is 17.5 Å². The molecule has 0 unspecified atom stereocenters. The molecule has 1 spiro atoms. The van der Waals surface area contributed by atoms with Crippen LogP contribution in [0.25, 0.3) is 5.76 Å². The van der Waals surface area contributed by atoms with Crippen LogP contribution in [0.4, 0.5) is 0 Å². The molecule has 0 aromatic carbocycles. The molecule has 0 radical (unpaired) electrons. The van der Waals surface area contributed by atoms with Crippen molar-refractivity contribution in [1.82, 2.24) is 4.57 Å². The van der Waals surface area contributed by atoms with Gasteiger partial charge in [-0.2, -0.15) is 0 Å². The summed E-state index contributed by atoms with van der Waals surface area (Å²) < 4.78 is 6.56. The van der Waals surface area contributed by atoms with Gasteiger partial charge in [0, 0.05) is 5.69 Å². The smallest absolute Gasteiger partial charge is 0.345 e. The zero-order chi connectivity index (χ0) is 14.5. The summed E-state index contributed by atoms with van der Waals surface area (Å²) in [6.07, 6.45) is 3.28. The van der Waals surface area contributed by atoms with Crippen molar-refractivity contribution in [3.8, 4) is 0 Å². The summed E-state index contributed by atoms with van der Waals surface area (Å²) >= 11 is 0. The number of ketones is 1. The maximum Gasteiger partial charge on any atom is 0.345 e. The first kappa shape index (κ1) is 13.0. The Labute approximate surface area is 116 Å². The average molecular weight is 275 g/mol. The molecule has 1 aromatic rings. The van der Waals surface area contributed by atoms with Gasteiger partial charge in [0.2, 0.25) is 0 Å². The van der Waals surface area contributed by atoms with E-state index in [4.69, 9.17) is 0 Å². The van der Waals surface area contributed by atoms with Crippen molar-refractivity contribution < 1.29 is 19.4 Å². The molecule has 2 aliphatic rings. The van der Waals surface area contributed by atoms with Crippen molar-refractivity contribution in [1.29, 1.82) is 0 Å². The molecule has 0 amide bonds. The Kier molecular flexibility index (Phi) is 2.74. The van der Waals surface area contributed by atoms with Gasteiger partial charge in [0.15, 0.2) is 11.5 Å². The topological polar surface area (TPSA) is 68.5 Å². The zero-order valence-electron chi connectivity index (χ0n) is 11.6. The second-order valence-electron chi connectivity index (χ2n) is 5.48. The number of esters is 1. The van der Waals surface area contributed by atoms with Crippen molar-refractivity contribution in [2.45, 2.75) is 38.1 Å². The molecule has 106 valence electrons. The number of hydrogen-bond acceptors (Lipinski definition) is 4. The van der Waals surface area contributed by atoms with E-state index in [0.717, 1.165) is 18.5 Å². The fraction of sp³-hybridized carbons (Fsp3) is 0.467. The number of fused-ring (bicyclic) bond motifs is 2. The molecule has 1 aromatic heterocycles. The van der Waals surface area contributed by atoms with E-state index in [9.17, 15) is 14.7 Å². The van der Waals surface area contributed by atoms with Gasteiger partial charge in [-0.05, 0) is 31.9 Å². The Hall–Kier alpha value is -2.04. The monoisotopic (exact) mass is 275 g/mol. The lowest BCUT2D eigenvalue weighted by molar-refractivity contribution is -0.139. The van der Waals surface area contributed by atoms with E-state index in [0.29, 0.717) is 18.5 Å². The minimum atomic E-state index is -0.760. The molecule has 2 heterocycles. The number of carbonyl (C=O) groups is 2. The van der Waals surface area contributed by atoms with E-state index in [2.05, 4.69) is 4.74 Å².